The van der Waals surface area contributed by atoms with Crippen LogP contribution in [-0.2, 0) is 11.3 Å². The van der Waals surface area contributed by atoms with Crippen LogP contribution in [0.15, 0.2) is 18.2 Å². The van der Waals surface area contributed by atoms with Gasteiger partial charge in [-0.2, -0.15) is 0 Å². The fraction of sp³-hybridized carbons (Fsp3) is 0.385. The van der Waals surface area contributed by atoms with E-state index in [4.69, 9.17) is 0 Å². The van der Waals surface area contributed by atoms with Crippen LogP contribution in [0.3, 0.4) is 0 Å². The van der Waals surface area contributed by atoms with E-state index in [1.165, 1.54) is 12.1 Å². The second kappa shape index (κ2) is 4.52. The fourth-order valence-electron chi connectivity index (χ4n) is 2.64. The van der Waals surface area contributed by atoms with E-state index in [1.807, 2.05) is 0 Å². The smallest absolute Gasteiger partial charge is 0.322 e. The summed E-state index contributed by atoms with van der Waals surface area (Å²) in [7, 11) is 0. The maximum Gasteiger partial charge on any atom is 0.325 e. The molecule has 2 saturated heterocycles. The highest BCUT2D eigenvalue weighted by Crippen LogP contribution is 2.26. The Morgan fingerprint density at radius 3 is 2.80 bits per heavy atom. The van der Waals surface area contributed by atoms with Crippen molar-refractivity contribution in [3.05, 3.63) is 35.4 Å². The topological polar surface area (TPSA) is 61.4 Å². The minimum absolute atomic E-state index is 0.0171. The number of hydrogen-bond donors (Lipinski definition) is 2. The van der Waals surface area contributed by atoms with Crippen LogP contribution < -0.4 is 10.6 Å². The zero-order valence-electron chi connectivity index (χ0n) is 10.6. The lowest BCUT2D eigenvalue weighted by molar-refractivity contribution is -0.131. The molecule has 7 heteroatoms. The number of nitrogens with one attached hydrogen (secondary N) is 2. The van der Waals surface area contributed by atoms with E-state index in [-0.39, 0.29) is 12.1 Å². The molecule has 1 atom stereocenters. The first-order valence-corrected chi connectivity index (χ1v) is 6.31. The van der Waals surface area contributed by atoms with Crippen LogP contribution >= 0.6 is 0 Å². The number of amides is 3. The molecule has 3 rings (SSSR count). The van der Waals surface area contributed by atoms with Crippen molar-refractivity contribution in [3.63, 3.8) is 0 Å². The normalized spacial score (nSPS) is 25.6. The average Bonchev–Trinajstić information content (AvgIpc) is 2.96. The minimum atomic E-state index is -1.03. The molecule has 2 fully saturated rings. The third-order valence-electron chi connectivity index (χ3n) is 3.76. The Hall–Kier alpha value is -2.02. The van der Waals surface area contributed by atoms with Crippen LogP contribution in [0.2, 0.25) is 0 Å². The zero-order chi connectivity index (χ0) is 14.3. The number of hydrogen-bond acceptors (Lipinski definition) is 3. The highest BCUT2D eigenvalue weighted by molar-refractivity contribution is 6.07. The first-order chi connectivity index (χ1) is 9.53. The summed E-state index contributed by atoms with van der Waals surface area (Å²) in [6.07, 6.45) is 0.500. The highest BCUT2D eigenvalue weighted by atomic mass is 19.2. The summed E-state index contributed by atoms with van der Waals surface area (Å²) in [6, 6.07) is 3.13. The van der Waals surface area contributed by atoms with Crippen LogP contribution in [0.5, 0.6) is 0 Å². The summed E-state index contributed by atoms with van der Waals surface area (Å²) < 4.78 is 26.8. The summed E-state index contributed by atoms with van der Waals surface area (Å²) in [4.78, 5) is 25.2. The van der Waals surface area contributed by atoms with Crippen molar-refractivity contribution in [3.8, 4) is 0 Å². The molecule has 3 amide bonds. The molecule has 106 valence electrons. The Labute approximate surface area is 113 Å². The Balaban J connectivity index is 1.86. The number of halogens is 2. The molecule has 0 bridgehead atoms. The van der Waals surface area contributed by atoms with Crippen LogP contribution in [0.4, 0.5) is 13.6 Å². The molecular formula is C13H13F2N3O2. The van der Waals surface area contributed by atoms with E-state index < -0.39 is 29.1 Å². The average molecular weight is 281 g/mol. The summed E-state index contributed by atoms with van der Waals surface area (Å²) in [5, 5.41) is 5.66. The molecule has 0 saturated carbocycles. The molecule has 20 heavy (non-hydrogen) atoms. The SMILES string of the molecule is O=C1NC2(CCNC2)C(=O)N1Cc1cccc(F)c1F. The maximum absolute atomic E-state index is 13.6. The largest absolute Gasteiger partial charge is 0.325 e. The van der Waals surface area contributed by atoms with Crippen molar-refractivity contribution < 1.29 is 18.4 Å². The monoisotopic (exact) mass is 281 g/mol. The van der Waals surface area contributed by atoms with Crippen molar-refractivity contribution in [1.82, 2.24) is 15.5 Å². The Kier molecular flexibility index (Phi) is 2.93. The van der Waals surface area contributed by atoms with Gasteiger partial charge in [0.05, 0.1) is 6.54 Å². The van der Waals surface area contributed by atoms with Crippen LogP contribution in [0.25, 0.3) is 0 Å². The standard InChI is InChI=1S/C13H13F2N3O2/c14-9-3-1-2-8(10(9)15)6-18-11(19)13(17-12(18)20)4-5-16-7-13/h1-3,16H,4-7H2,(H,17,20). The molecule has 0 aromatic heterocycles. The van der Waals surface area contributed by atoms with Crippen molar-refractivity contribution in [2.75, 3.05) is 13.1 Å². The third-order valence-corrected chi connectivity index (χ3v) is 3.76. The van der Waals surface area contributed by atoms with Gasteiger partial charge in [-0.3, -0.25) is 9.69 Å². The molecule has 1 spiro atoms. The molecule has 1 aromatic rings. The Bertz CT molecular complexity index is 585. The van der Waals surface area contributed by atoms with Gasteiger partial charge < -0.3 is 10.6 Å². The molecule has 2 N–H and O–H groups in total. The molecule has 2 heterocycles. The number of imide groups is 1. The molecule has 2 aliphatic rings. The lowest BCUT2D eigenvalue weighted by Gasteiger charge is -2.19. The maximum atomic E-state index is 13.6. The zero-order valence-corrected chi connectivity index (χ0v) is 10.6. The van der Waals surface area contributed by atoms with Gasteiger partial charge in [0.1, 0.15) is 5.54 Å². The van der Waals surface area contributed by atoms with Crippen LogP contribution in [0, 0.1) is 11.6 Å². The van der Waals surface area contributed by atoms with Gasteiger partial charge in [-0.25, -0.2) is 13.6 Å². The molecule has 1 unspecified atom stereocenters. The van der Waals surface area contributed by atoms with Crippen molar-refractivity contribution in [2.45, 2.75) is 18.5 Å². The molecule has 1 aromatic carbocycles. The predicted octanol–water partition coefficient (Wildman–Crippen LogP) is 0.749. The first kappa shape index (κ1) is 13.0. The second-order valence-corrected chi connectivity index (χ2v) is 5.04. The van der Waals surface area contributed by atoms with Gasteiger partial charge in [0.15, 0.2) is 11.6 Å². The van der Waals surface area contributed by atoms with Gasteiger partial charge in [0.2, 0.25) is 0 Å². The Morgan fingerprint density at radius 1 is 1.30 bits per heavy atom. The number of urea groups is 1. The van der Waals surface area contributed by atoms with E-state index in [0.717, 1.165) is 11.0 Å². The van der Waals surface area contributed by atoms with Gasteiger partial charge in [-0.15, -0.1) is 0 Å². The summed E-state index contributed by atoms with van der Waals surface area (Å²) in [6.45, 7) is 0.726. The van der Waals surface area contributed by atoms with Crippen LogP contribution in [-0.4, -0.2) is 35.5 Å². The van der Waals surface area contributed by atoms with Crippen molar-refractivity contribution in [1.29, 1.82) is 0 Å². The summed E-state index contributed by atoms with van der Waals surface area (Å²) >= 11 is 0. The number of carbonyl (C=O) groups excluding carboxylic acids is 2. The Morgan fingerprint density at radius 2 is 2.10 bits per heavy atom. The minimum Gasteiger partial charge on any atom is -0.322 e. The van der Waals surface area contributed by atoms with Crippen molar-refractivity contribution >= 4 is 11.9 Å². The number of nitrogens with zero attached hydrogens (tertiary/aromatic N) is 1. The first-order valence-electron chi connectivity index (χ1n) is 6.31. The van der Waals surface area contributed by atoms with E-state index in [2.05, 4.69) is 10.6 Å². The van der Waals surface area contributed by atoms with Crippen molar-refractivity contribution in [2.24, 2.45) is 0 Å². The number of carbonyl (C=O) groups is 2. The van der Waals surface area contributed by atoms with Gasteiger partial charge in [-0.1, -0.05) is 12.1 Å². The lowest BCUT2D eigenvalue weighted by Crippen LogP contribution is -2.48. The van der Waals surface area contributed by atoms with Gasteiger partial charge in [0, 0.05) is 12.1 Å². The molecular weight excluding hydrogens is 268 g/mol. The van der Waals surface area contributed by atoms with Crippen LogP contribution in [0.1, 0.15) is 12.0 Å². The molecule has 5 nitrogen and oxygen atoms in total. The lowest BCUT2D eigenvalue weighted by atomic mass is 9.99. The number of benzene rings is 1. The van der Waals surface area contributed by atoms with E-state index in [0.29, 0.717) is 19.5 Å². The van der Waals surface area contributed by atoms with Gasteiger partial charge >= 0.3 is 6.03 Å². The quantitative estimate of drug-likeness (QED) is 0.786. The highest BCUT2D eigenvalue weighted by Gasteiger charge is 2.52. The molecule has 0 radical (unpaired) electrons. The second-order valence-electron chi connectivity index (χ2n) is 5.04. The predicted molar refractivity (Wildman–Crippen MR) is 65.7 cm³/mol. The summed E-state index contributed by atoms with van der Waals surface area (Å²) in [5.41, 5.74) is -0.947. The van der Waals surface area contributed by atoms with E-state index in [1.54, 1.807) is 0 Å². The fourth-order valence-corrected chi connectivity index (χ4v) is 2.64. The summed E-state index contributed by atoms with van der Waals surface area (Å²) in [5.74, 6) is -2.42. The van der Waals surface area contributed by atoms with E-state index >= 15 is 0 Å². The van der Waals surface area contributed by atoms with Gasteiger partial charge in [0.25, 0.3) is 5.91 Å². The molecule has 0 aliphatic carbocycles. The van der Waals surface area contributed by atoms with Gasteiger partial charge in [-0.05, 0) is 19.0 Å². The molecule has 2 aliphatic heterocycles. The third kappa shape index (κ3) is 1.85. The number of rotatable bonds is 2. The van der Waals surface area contributed by atoms with E-state index in [9.17, 15) is 18.4 Å².